The fraction of sp³-hybridized carbons (Fsp3) is 0.125. The maximum absolute atomic E-state index is 3.15. The van der Waals surface area contributed by atoms with E-state index in [1.165, 1.54) is 11.1 Å². The molecule has 0 aliphatic carbocycles. The molecular weight excluding hydrogens is 192 g/mol. The molecule has 0 atom stereocenters. The molecule has 0 bridgehead atoms. The first-order chi connectivity index (χ1) is 7.90. The van der Waals surface area contributed by atoms with Gasteiger partial charge in [0.2, 0.25) is 0 Å². The molecule has 0 aliphatic rings. The van der Waals surface area contributed by atoms with Gasteiger partial charge < -0.3 is 0 Å². The lowest BCUT2D eigenvalue weighted by molar-refractivity contribution is 1.28. The van der Waals surface area contributed by atoms with Crippen LogP contribution in [0.3, 0.4) is 0 Å². The van der Waals surface area contributed by atoms with Crippen molar-refractivity contribution >= 4 is 0 Å². The number of benzene rings is 2. The monoisotopic (exact) mass is 206 g/mol. The molecular formula is C16H14. The van der Waals surface area contributed by atoms with Crippen molar-refractivity contribution in [1.29, 1.82) is 0 Å². The molecule has 0 amide bonds. The van der Waals surface area contributed by atoms with Crippen LogP contribution in [0.15, 0.2) is 54.6 Å². The Hall–Kier alpha value is -2.00. The molecule has 78 valence electrons. The summed E-state index contributed by atoms with van der Waals surface area (Å²) in [4.78, 5) is 0. The van der Waals surface area contributed by atoms with Gasteiger partial charge in [0.25, 0.3) is 0 Å². The van der Waals surface area contributed by atoms with Gasteiger partial charge in [-0.05, 0) is 23.3 Å². The highest BCUT2D eigenvalue weighted by molar-refractivity contribution is 5.65. The van der Waals surface area contributed by atoms with Crippen molar-refractivity contribution in [3.63, 3.8) is 0 Å². The van der Waals surface area contributed by atoms with E-state index in [1.54, 1.807) is 0 Å². The predicted octanol–water partition coefficient (Wildman–Crippen LogP) is 4.12. The van der Waals surface area contributed by atoms with Crippen LogP contribution in [-0.4, -0.2) is 0 Å². The second kappa shape index (κ2) is 5.19. The molecule has 0 spiro atoms. The lowest BCUT2D eigenvalue weighted by Gasteiger charge is -2.01. The van der Waals surface area contributed by atoms with Gasteiger partial charge in [0, 0.05) is 12.0 Å². The molecule has 0 heteroatoms. The summed E-state index contributed by atoms with van der Waals surface area (Å²) in [5.74, 6) is 6.25. The van der Waals surface area contributed by atoms with Gasteiger partial charge in [-0.2, -0.15) is 0 Å². The van der Waals surface area contributed by atoms with Crippen LogP contribution in [0.1, 0.15) is 18.9 Å². The van der Waals surface area contributed by atoms with E-state index in [9.17, 15) is 0 Å². The van der Waals surface area contributed by atoms with Crippen molar-refractivity contribution in [3.05, 3.63) is 60.2 Å². The Kier molecular flexibility index (Phi) is 3.41. The lowest BCUT2D eigenvalue weighted by atomic mass is 10.0. The third-order valence-electron chi connectivity index (χ3n) is 2.38. The van der Waals surface area contributed by atoms with Gasteiger partial charge in [0.15, 0.2) is 0 Å². The van der Waals surface area contributed by atoms with Crippen molar-refractivity contribution in [2.75, 3.05) is 0 Å². The number of hydrogen-bond acceptors (Lipinski definition) is 0. The van der Waals surface area contributed by atoms with Crippen LogP contribution in [0, 0.1) is 11.8 Å². The molecule has 0 heterocycles. The van der Waals surface area contributed by atoms with Gasteiger partial charge in [0.05, 0.1) is 0 Å². The smallest absolute Gasteiger partial charge is 0.0251 e. The molecule has 0 saturated carbocycles. The zero-order valence-electron chi connectivity index (χ0n) is 9.40. The van der Waals surface area contributed by atoms with E-state index in [0.29, 0.717) is 0 Å². The van der Waals surface area contributed by atoms with Crippen LogP contribution < -0.4 is 0 Å². The summed E-state index contributed by atoms with van der Waals surface area (Å²) in [5.41, 5.74) is 3.55. The largest absolute Gasteiger partial charge is 0.0982 e. The van der Waals surface area contributed by atoms with Crippen molar-refractivity contribution < 1.29 is 0 Å². The van der Waals surface area contributed by atoms with Crippen LogP contribution in [0.4, 0.5) is 0 Å². The Bertz CT molecular complexity index is 512. The summed E-state index contributed by atoms with van der Waals surface area (Å²) >= 11 is 0. The highest BCUT2D eigenvalue weighted by Gasteiger charge is 1.96. The second-order valence-corrected chi connectivity index (χ2v) is 3.60. The predicted molar refractivity (Wildman–Crippen MR) is 69.0 cm³/mol. The van der Waals surface area contributed by atoms with E-state index in [-0.39, 0.29) is 0 Å². The normalized spacial score (nSPS) is 9.31. The standard InChI is InChI=1S/C16H14/c1-2-3-8-14-9-7-12-16(13-14)15-10-5-4-6-11-15/h4-7,9-13H,2H2,1H3. The zero-order chi connectivity index (χ0) is 11.2. The highest BCUT2D eigenvalue weighted by Crippen LogP contribution is 2.19. The van der Waals surface area contributed by atoms with Gasteiger partial charge in [-0.25, -0.2) is 0 Å². The summed E-state index contributed by atoms with van der Waals surface area (Å²) in [7, 11) is 0. The van der Waals surface area contributed by atoms with Crippen LogP contribution in [0.5, 0.6) is 0 Å². The van der Waals surface area contributed by atoms with Crippen LogP contribution in [-0.2, 0) is 0 Å². The zero-order valence-corrected chi connectivity index (χ0v) is 9.40. The van der Waals surface area contributed by atoms with Crippen molar-refractivity contribution in [2.24, 2.45) is 0 Å². The number of hydrogen-bond donors (Lipinski definition) is 0. The topological polar surface area (TPSA) is 0 Å². The summed E-state index contributed by atoms with van der Waals surface area (Å²) in [6.07, 6.45) is 0.898. The molecule has 0 unspecified atom stereocenters. The van der Waals surface area contributed by atoms with E-state index in [2.05, 4.69) is 67.3 Å². The van der Waals surface area contributed by atoms with Crippen LogP contribution in [0.25, 0.3) is 11.1 Å². The van der Waals surface area contributed by atoms with Crippen molar-refractivity contribution in [2.45, 2.75) is 13.3 Å². The SMILES string of the molecule is CCC#Cc1cccc(-c2ccccc2)c1. The minimum atomic E-state index is 0.898. The van der Waals surface area contributed by atoms with E-state index in [0.717, 1.165) is 12.0 Å². The minimum Gasteiger partial charge on any atom is -0.0982 e. The average molecular weight is 206 g/mol. The molecule has 0 aliphatic heterocycles. The van der Waals surface area contributed by atoms with E-state index in [1.807, 2.05) is 6.07 Å². The average Bonchev–Trinajstić information content (AvgIpc) is 2.38. The molecule has 0 nitrogen and oxygen atoms in total. The maximum Gasteiger partial charge on any atom is 0.0251 e. The number of rotatable bonds is 1. The summed E-state index contributed by atoms with van der Waals surface area (Å²) in [6.45, 7) is 2.06. The molecule has 0 saturated heterocycles. The minimum absolute atomic E-state index is 0.898. The molecule has 0 N–H and O–H groups in total. The molecule has 2 aromatic rings. The quantitative estimate of drug-likeness (QED) is 0.616. The fourth-order valence-corrected chi connectivity index (χ4v) is 1.60. The van der Waals surface area contributed by atoms with Crippen molar-refractivity contribution in [3.8, 4) is 23.0 Å². The first kappa shape index (κ1) is 10.5. The van der Waals surface area contributed by atoms with Crippen molar-refractivity contribution in [1.82, 2.24) is 0 Å². The van der Waals surface area contributed by atoms with Gasteiger partial charge in [0.1, 0.15) is 0 Å². The van der Waals surface area contributed by atoms with Gasteiger partial charge in [-0.3, -0.25) is 0 Å². The molecule has 0 aromatic heterocycles. The van der Waals surface area contributed by atoms with Gasteiger partial charge in [-0.15, -0.1) is 0 Å². The second-order valence-electron chi connectivity index (χ2n) is 3.60. The Labute approximate surface area is 96.9 Å². The highest BCUT2D eigenvalue weighted by atomic mass is 14.0. The molecule has 2 rings (SSSR count). The fourth-order valence-electron chi connectivity index (χ4n) is 1.60. The molecule has 0 fully saturated rings. The van der Waals surface area contributed by atoms with Crippen LogP contribution in [0.2, 0.25) is 0 Å². The Morgan fingerprint density at radius 1 is 0.875 bits per heavy atom. The first-order valence-corrected chi connectivity index (χ1v) is 5.54. The summed E-state index contributed by atoms with van der Waals surface area (Å²) in [5, 5.41) is 0. The molecule has 0 radical (unpaired) electrons. The van der Waals surface area contributed by atoms with Gasteiger partial charge in [-0.1, -0.05) is 61.2 Å². The third-order valence-corrected chi connectivity index (χ3v) is 2.38. The van der Waals surface area contributed by atoms with Crippen LogP contribution >= 0.6 is 0 Å². The Balaban J connectivity index is 2.37. The van der Waals surface area contributed by atoms with E-state index in [4.69, 9.17) is 0 Å². The Morgan fingerprint density at radius 2 is 1.62 bits per heavy atom. The lowest BCUT2D eigenvalue weighted by Crippen LogP contribution is -1.79. The van der Waals surface area contributed by atoms with E-state index >= 15 is 0 Å². The molecule has 16 heavy (non-hydrogen) atoms. The van der Waals surface area contributed by atoms with Gasteiger partial charge >= 0.3 is 0 Å². The van der Waals surface area contributed by atoms with E-state index < -0.39 is 0 Å². The summed E-state index contributed by atoms with van der Waals surface area (Å²) in [6, 6.07) is 18.7. The summed E-state index contributed by atoms with van der Waals surface area (Å²) < 4.78 is 0. The Morgan fingerprint density at radius 3 is 2.38 bits per heavy atom. The first-order valence-electron chi connectivity index (χ1n) is 5.54. The molecule has 2 aromatic carbocycles. The maximum atomic E-state index is 3.15. The third kappa shape index (κ3) is 2.52.